The first-order valence-corrected chi connectivity index (χ1v) is 7.28. The van der Waals surface area contributed by atoms with Gasteiger partial charge in [0.05, 0.1) is 0 Å². The number of aryl methyl sites for hydroxylation is 1. The molecule has 0 aliphatic heterocycles. The predicted octanol–water partition coefficient (Wildman–Crippen LogP) is 2.67. The van der Waals surface area contributed by atoms with Gasteiger partial charge in [-0.3, -0.25) is 0 Å². The minimum absolute atomic E-state index is 0.681. The lowest BCUT2D eigenvalue weighted by Crippen LogP contribution is -2.15. The summed E-state index contributed by atoms with van der Waals surface area (Å²) in [5, 5.41) is 12.2. The molecule has 1 aliphatic carbocycles. The van der Waals surface area contributed by atoms with E-state index in [1.54, 1.807) is 0 Å². The number of rotatable bonds is 3. The molecule has 1 aromatic heterocycles. The zero-order chi connectivity index (χ0) is 14.1. The summed E-state index contributed by atoms with van der Waals surface area (Å²) < 4.78 is 1.93. The molecule has 0 amide bonds. The largest absolute Gasteiger partial charge is 0.398 e. The lowest BCUT2D eigenvalue weighted by atomic mass is 9.98. The number of nitrogens with two attached hydrogens (primary N) is 1. The zero-order valence-corrected chi connectivity index (χ0v) is 12.1. The van der Waals surface area contributed by atoms with Crippen molar-refractivity contribution >= 4 is 5.69 Å². The van der Waals surface area contributed by atoms with Gasteiger partial charge >= 0.3 is 0 Å². The molecule has 2 N–H and O–H groups in total. The van der Waals surface area contributed by atoms with E-state index in [0.29, 0.717) is 5.92 Å². The molecule has 1 saturated carbocycles. The van der Waals surface area contributed by atoms with E-state index in [4.69, 9.17) is 5.73 Å². The monoisotopic (exact) mass is 271 g/mol. The van der Waals surface area contributed by atoms with Gasteiger partial charge in [-0.1, -0.05) is 31.9 Å². The van der Waals surface area contributed by atoms with E-state index >= 15 is 0 Å². The lowest BCUT2D eigenvalue weighted by Gasteiger charge is -2.15. The molecule has 106 valence electrons. The van der Waals surface area contributed by atoms with E-state index in [1.165, 1.54) is 19.3 Å². The first-order valence-electron chi connectivity index (χ1n) is 7.28. The van der Waals surface area contributed by atoms with Crippen molar-refractivity contribution < 1.29 is 0 Å². The van der Waals surface area contributed by atoms with Crippen LogP contribution in [0.15, 0.2) is 18.2 Å². The summed E-state index contributed by atoms with van der Waals surface area (Å²) in [6, 6.07) is 6.00. The maximum atomic E-state index is 5.98. The Morgan fingerprint density at radius 3 is 2.90 bits per heavy atom. The Morgan fingerprint density at radius 2 is 2.20 bits per heavy atom. The fraction of sp³-hybridized carbons (Fsp3) is 0.533. The number of aromatic nitrogens is 4. The summed E-state index contributed by atoms with van der Waals surface area (Å²) >= 11 is 0. The van der Waals surface area contributed by atoms with Crippen molar-refractivity contribution in [3.63, 3.8) is 0 Å². The molecule has 1 heterocycles. The molecule has 2 aromatic rings. The smallest absolute Gasteiger partial charge is 0.182 e. The number of anilines is 1. The van der Waals surface area contributed by atoms with E-state index in [1.807, 2.05) is 29.8 Å². The second-order valence-corrected chi connectivity index (χ2v) is 5.92. The van der Waals surface area contributed by atoms with Gasteiger partial charge in [-0.2, -0.15) is 0 Å². The Balaban J connectivity index is 1.87. The van der Waals surface area contributed by atoms with Crippen LogP contribution in [-0.2, 0) is 6.54 Å². The van der Waals surface area contributed by atoms with Crippen LogP contribution in [0.1, 0.15) is 31.7 Å². The maximum absolute atomic E-state index is 5.98. The third-order valence-electron chi connectivity index (χ3n) is 4.52. The van der Waals surface area contributed by atoms with Gasteiger partial charge in [0, 0.05) is 17.8 Å². The first-order chi connectivity index (χ1) is 9.65. The Kier molecular flexibility index (Phi) is 3.42. The third kappa shape index (κ3) is 2.40. The van der Waals surface area contributed by atoms with Gasteiger partial charge in [0.1, 0.15) is 0 Å². The summed E-state index contributed by atoms with van der Waals surface area (Å²) in [4.78, 5) is 0. The van der Waals surface area contributed by atoms with Crippen molar-refractivity contribution in [3.8, 4) is 11.4 Å². The average Bonchev–Trinajstić information content (AvgIpc) is 3.04. The average molecular weight is 271 g/mol. The molecular formula is C15H21N5. The van der Waals surface area contributed by atoms with E-state index in [0.717, 1.165) is 35.1 Å². The highest BCUT2D eigenvalue weighted by atomic mass is 15.5. The van der Waals surface area contributed by atoms with E-state index in [-0.39, 0.29) is 0 Å². The quantitative estimate of drug-likeness (QED) is 0.871. The summed E-state index contributed by atoms with van der Waals surface area (Å²) in [6.07, 6.45) is 3.91. The molecule has 3 rings (SSSR count). The molecule has 5 heteroatoms. The number of nitrogen functional groups attached to an aromatic ring is 1. The van der Waals surface area contributed by atoms with Gasteiger partial charge in [-0.05, 0) is 47.2 Å². The van der Waals surface area contributed by atoms with Gasteiger partial charge < -0.3 is 5.73 Å². The highest BCUT2D eigenvalue weighted by Gasteiger charge is 2.25. The molecule has 0 bridgehead atoms. The Labute approximate surface area is 119 Å². The normalized spacial score (nSPS) is 22.3. The third-order valence-corrected chi connectivity index (χ3v) is 4.52. The predicted molar refractivity (Wildman–Crippen MR) is 78.9 cm³/mol. The van der Waals surface area contributed by atoms with Gasteiger partial charge in [0.2, 0.25) is 0 Å². The minimum Gasteiger partial charge on any atom is -0.398 e. The van der Waals surface area contributed by atoms with Gasteiger partial charge in [0.25, 0.3) is 0 Å². The number of tetrazole rings is 1. The van der Waals surface area contributed by atoms with E-state index < -0.39 is 0 Å². The fourth-order valence-corrected chi connectivity index (χ4v) is 3.03. The molecule has 1 fully saturated rings. The van der Waals surface area contributed by atoms with Crippen LogP contribution in [0.2, 0.25) is 0 Å². The molecule has 0 radical (unpaired) electrons. The fourth-order valence-electron chi connectivity index (χ4n) is 3.03. The first kappa shape index (κ1) is 13.1. The van der Waals surface area contributed by atoms with Crippen LogP contribution >= 0.6 is 0 Å². The number of hydrogen-bond acceptors (Lipinski definition) is 4. The standard InChI is InChI=1S/C15H21N5/c1-10-4-3-5-13(10)9-20-15(17-18-19-20)12-7-6-11(2)14(16)8-12/h6-8,10,13H,3-5,9,16H2,1-2H3. The van der Waals surface area contributed by atoms with Crippen LogP contribution in [0.3, 0.4) is 0 Å². The molecule has 1 aliphatic rings. The van der Waals surface area contributed by atoms with Crippen molar-refractivity contribution in [2.24, 2.45) is 11.8 Å². The summed E-state index contributed by atoms with van der Waals surface area (Å²) in [5.41, 5.74) is 8.84. The van der Waals surface area contributed by atoms with Crippen molar-refractivity contribution in [2.45, 2.75) is 39.7 Å². The summed E-state index contributed by atoms with van der Waals surface area (Å²) in [5.74, 6) is 2.26. The van der Waals surface area contributed by atoms with Crippen LogP contribution in [-0.4, -0.2) is 20.2 Å². The number of benzene rings is 1. The van der Waals surface area contributed by atoms with Crippen molar-refractivity contribution in [3.05, 3.63) is 23.8 Å². The van der Waals surface area contributed by atoms with Gasteiger partial charge in [-0.15, -0.1) is 5.10 Å². The summed E-state index contributed by atoms with van der Waals surface area (Å²) in [6.45, 7) is 5.23. The molecule has 0 saturated heterocycles. The molecule has 0 spiro atoms. The molecule has 5 nitrogen and oxygen atoms in total. The topological polar surface area (TPSA) is 69.6 Å². The van der Waals surface area contributed by atoms with E-state index in [9.17, 15) is 0 Å². The SMILES string of the molecule is Cc1ccc(-c2nnnn2CC2CCCC2C)cc1N. The lowest BCUT2D eigenvalue weighted by molar-refractivity contribution is 0.346. The van der Waals surface area contributed by atoms with Crippen LogP contribution in [0.4, 0.5) is 5.69 Å². The van der Waals surface area contributed by atoms with Crippen LogP contribution in [0, 0.1) is 18.8 Å². The van der Waals surface area contributed by atoms with Crippen LogP contribution in [0.5, 0.6) is 0 Å². The molecule has 2 unspecified atom stereocenters. The van der Waals surface area contributed by atoms with Gasteiger partial charge in [-0.25, -0.2) is 4.68 Å². The molecule has 2 atom stereocenters. The molecule has 20 heavy (non-hydrogen) atoms. The van der Waals surface area contributed by atoms with Crippen LogP contribution < -0.4 is 5.73 Å². The maximum Gasteiger partial charge on any atom is 0.182 e. The van der Waals surface area contributed by atoms with E-state index in [2.05, 4.69) is 22.4 Å². The van der Waals surface area contributed by atoms with Crippen molar-refractivity contribution in [2.75, 3.05) is 5.73 Å². The second kappa shape index (κ2) is 5.23. The summed E-state index contributed by atoms with van der Waals surface area (Å²) in [7, 11) is 0. The zero-order valence-electron chi connectivity index (χ0n) is 12.1. The highest BCUT2D eigenvalue weighted by molar-refractivity contribution is 5.63. The minimum atomic E-state index is 0.681. The Bertz CT molecular complexity index is 604. The Morgan fingerprint density at radius 1 is 1.35 bits per heavy atom. The van der Waals surface area contributed by atoms with Crippen molar-refractivity contribution in [1.29, 1.82) is 0 Å². The second-order valence-electron chi connectivity index (χ2n) is 5.92. The number of hydrogen-bond donors (Lipinski definition) is 1. The molecular weight excluding hydrogens is 250 g/mol. The van der Waals surface area contributed by atoms with Crippen molar-refractivity contribution in [1.82, 2.24) is 20.2 Å². The van der Waals surface area contributed by atoms with Crippen LogP contribution in [0.25, 0.3) is 11.4 Å². The Hall–Kier alpha value is -1.91. The number of nitrogens with zero attached hydrogens (tertiary/aromatic N) is 4. The van der Waals surface area contributed by atoms with Gasteiger partial charge in [0.15, 0.2) is 5.82 Å². The highest BCUT2D eigenvalue weighted by Crippen LogP contribution is 2.33. The molecule has 1 aromatic carbocycles.